The minimum atomic E-state index is -1.35. The number of hydrogen-bond acceptors (Lipinski definition) is 5. The van der Waals surface area contributed by atoms with Gasteiger partial charge in [0.05, 0.1) is 10.9 Å². The number of aromatic nitrogens is 1. The van der Waals surface area contributed by atoms with Crippen molar-refractivity contribution in [1.82, 2.24) is 9.88 Å². The Labute approximate surface area is 155 Å². The third-order valence-electron chi connectivity index (χ3n) is 5.45. The maximum absolute atomic E-state index is 15.2. The summed E-state index contributed by atoms with van der Waals surface area (Å²) in [5.41, 5.74) is -0.773. The Morgan fingerprint density at radius 3 is 2.67 bits per heavy atom. The zero-order chi connectivity index (χ0) is 19.5. The van der Waals surface area contributed by atoms with Crippen molar-refractivity contribution in [2.24, 2.45) is 0 Å². The highest BCUT2D eigenvalue weighted by molar-refractivity contribution is 5.98. The number of aromatic hydroxyl groups is 1. The molecule has 2 aromatic rings. The van der Waals surface area contributed by atoms with Crippen LogP contribution in [0.5, 0.6) is 5.75 Å². The molecule has 8 heteroatoms. The van der Waals surface area contributed by atoms with E-state index < -0.39 is 22.8 Å². The number of carbonyl (C=O) groups is 1. The summed E-state index contributed by atoms with van der Waals surface area (Å²) in [6, 6.07) is 0.144. The van der Waals surface area contributed by atoms with Crippen LogP contribution in [-0.2, 0) is 0 Å². The van der Waals surface area contributed by atoms with Crippen LogP contribution < -0.4 is 15.6 Å². The van der Waals surface area contributed by atoms with Gasteiger partial charge in [-0.15, -0.1) is 0 Å². The number of benzene rings is 1. The molecule has 0 bridgehead atoms. The molecule has 2 aliphatic rings. The van der Waals surface area contributed by atoms with Crippen molar-refractivity contribution in [2.75, 3.05) is 24.5 Å². The van der Waals surface area contributed by atoms with E-state index in [1.807, 2.05) is 6.92 Å². The molecule has 1 saturated carbocycles. The fourth-order valence-corrected chi connectivity index (χ4v) is 3.94. The lowest BCUT2D eigenvalue weighted by Gasteiger charge is -2.35. The first kappa shape index (κ1) is 17.8. The van der Waals surface area contributed by atoms with Gasteiger partial charge in [-0.3, -0.25) is 4.79 Å². The van der Waals surface area contributed by atoms with E-state index in [0.29, 0.717) is 19.6 Å². The quantitative estimate of drug-likeness (QED) is 0.760. The van der Waals surface area contributed by atoms with Gasteiger partial charge in [-0.05, 0) is 26.7 Å². The number of hydrogen-bond donors (Lipinski definition) is 3. The van der Waals surface area contributed by atoms with Crippen LogP contribution in [0.4, 0.5) is 10.1 Å². The van der Waals surface area contributed by atoms with Crippen LogP contribution in [0, 0.1) is 12.7 Å². The van der Waals surface area contributed by atoms with Gasteiger partial charge in [0.25, 0.3) is 0 Å². The second kappa shape index (κ2) is 6.23. The predicted octanol–water partition coefficient (Wildman–Crippen LogP) is 1.99. The number of piperazine rings is 1. The molecule has 0 amide bonds. The van der Waals surface area contributed by atoms with Gasteiger partial charge in [0.2, 0.25) is 5.43 Å². The number of fused-ring (bicyclic) bond motifs is 1. The number of halogens is 1. The monoisotopic (exact) mass is 375 g/mol. The van der Waals surface area contributed by atoms with Gasteiger partial charge in [-0.2, -0.15) is 0 Å². The van der Waals surface area contributed by atoms with Crippen molar-refractivity contribution in [3.8, 4) is 5.75 Å². The van der Waals surface area contributed by atoms with E-state index >= 15 is 4.39 Å². The molecule has 0 radical (unpaired) electrons. The molecule has 1 aromatic carbocycles. The van der Waals surface area contributed by atoms with E-state index in [-0.39, 0.29) is 40.0 Å². The van der Waals surface area contributed by atoms with E-state index in [2.05, 4.69) is 5.32 Å². The molecule has 1 atom stereocenters. The molecule has 1 aliphatic heterocycles. The Morgan fingerprint density at radius 2 is 2.07 bits per heavy atom. The maximum atomic E-state index is 15.2. The molecule has 144 valence electrons. The zero-order valence-electron chi connectivity index (χ0n) is 15.3. The average molecular weight is 375 g/mol. The first-order chi connectivity index (χ1) is 12.8. The fraction of sp³-hybridized carbons (Fsp3) is 0.474. The Balaban J connectivity index is 2.06. The molecule has 1 unspecified atom stereocenters. The molecule has 1 aliphatic carbocycles. The number of nitrogens with zero attached hydrogens (tertiary/aromatic N) is 2. The predicted molar refractivity (Wildman–Crippen MR) is 99.5 cm³/mol. The molecular formula is C19H22FN3O4. The van der Waals surface area contributed by atoms with Crippen LogP contribution in [0.2, 0.25) is 0 Å². The third kappa shape index (κ3) is 2.75. The molecule has 1 saturated heterocycles. The lowest BCUT2D eigenvalue weighted by Crippen LogP contribution is -2.49. The summed E-state index contributed by atoms with van der Waals surface area (Å²) in [4.78, 5) is 26.0. The zero-order valence-corrected chi connectivity index (χ0v) is 15.3. The minimum Gasteiger partial charge on any atom is -0.504 e. The highest BCUT2D eigenvalue weighted by Crippen LogP contribution is 2.44. The maximum Gasteiger partial charge on any atom is 0.341 e. The second-order valence-electron chi connectivity index (χ2n) is 7.48. The molecule has 2 heterocycles. The first-order valence-electron chi connectivity index (χ1n) is 9.12. The number of rotatable bonds is 3. The summed E-state index contributed by atoms with van der Waals surface area (Å²) in [7, 11) is 0. The Bertz CT molecular complexity index is 1010. The van der Waals surface area contributed by atoms with Crippen molar-refractivity contribution in [3.05, 3.63) is 33.4 Å². The molecular weight excluding hydrogens is 353 g/mol. The van der Waals surface area contributed by atoms with Crippen molar-refractivity contribution in [1.29, 1.82) is 0 Å². The number of carboxylic acid groups (broad SMARTS) is 1. The molecule has 2 fully saturated rings. The van der Waals surface area contributed by atoms with Crippen LogP contribution in [0.1, 0.15) is 41.7 Å². The second-order valence-corrected chi connectivity index (χ2v) is 7.48. The first-order valence-corrected chi connectivity index (χ1v) is 9.12. The Kier molecular flexibility index (Phi) is 4.10. The van der Waals surface area contributed by atoms with E-state index in [0.717, 1.165) is 12.8 Å². The van der Waals surface area contributed by atoms with E-state index in [4.69, 9.17) is 0 Å². The van der Waals surface area contributed by atoms with E-state index in [1.165, 1.54) is 13.1 Å². The topological polar surface area (TPSA) is 94.8 Å². The van der Waals surface area contributed by atoms with Crippen LogP contribution in [0.15, 0.2) is 11.0 Å². The van der Waals surface area contributed by atoms with Crippen molar-refractivity contribution in [3.63, 3.8) is 0 Å². The minimum absolute atomic E-state index is 0.0109. The van der Waals surface area contributed by atoms with Gasteiger partial charge in [0.1, 0.15) is 11.3 Å². The number of phenols is 1. The Hall–Kier alpha value is -2.61. The van der Waals surface area contributed by atoms with Crippen LogP contribution in [-0.4, -0.2) is 46.4 Å². The van der Waals surface area contributed by atoms with Crippen molar-refractivity contribution < 1.29 is 19.4 Å². The van der Waals surface area contributed by atoms with Crippen LogP contribution in [0.3, 0.4) is 0 Å². The third-order valence-corrected chi connectivity index (χ3v) is 5.45. The van der Waals surface area contributed by atoms with Gasteiger partial charge in [0.15, 0.2) is 11.6 Å². The number of anilines is 1. The van der Waals surface area contributed by atoms with Crippen LogP contribution in [0.25, 0.3) is 10.9 Å². The molecule has 7 nitrogen and oxygen atoms in total. The number of pyridine rings is 1. The number of phenolic OH excluding ortho intramolecular Hbond substituents is 1. The summed E-state index contributed by atoms with van der Waals surface area (Å²) in [5, 5.41) is 23.6. The molecule has 4 rings (SSSR count). The van der Waals surface area contributed by atoms with E-state index in [9.17, 15) is 19.8 Å². The van der Waals surface area contributed by atoms with E-state index in [1.54, 1.807) is 9.47 Å². The van der Waals surface area contributed by atoms with Gasteiger partial charge >= 0.3 is 5.97 Å². The largest absolute Gasteiger partial charge is 0.504 e. The molecule has 0 spiro atoms. The van der Waals surface area contributed by atoms with Gasteiger partial charge in [-0.1, -0.05) is 0 Å². The highest BCUT2D eigenvalue weighted by atomic mass is 19.1. The SMILES string of the molecule is Cc1c(F)c(N2CCNC(C)C2)c(O)c2c1c(=O)c(C(=O)O)cn2C1CC1. The summed E-state index contributed by atoms with van der Waals surface area (Å²) in [5.74, 6) is -2.31. The fourth-order valence-electron chi connectivity index (χ4n) is 3.94. The van der Waals surface area contributed by atoms with Gasteiger partial charge in [0, 0.05) is 43.5 Å². The summed E-state index contributed by atoms with van der Waals surface area (Å²) >= 11 is 0. The summed E-state index contributed by atoms with van der Waals surface area (Å²) in [6.45, 7) is 5.16. The number of aryl methyl sites for hydroxylation is 1. The lowest BCUT2D eigenvalue weighted by molar-refractivity contribution is 0.0694. The van der Waals surface area contributed by atoms with Crippen molar-refractivity contribution >= 4 is 22.6 Å². The van der Waals surface area contributed by atoms with Gasteiger partial charge < -0.3 is 25.0 Å². The molecule has 3 N–H and O–H groups in total. The lowest BCUT2D eigenvalue weighted by atomic mass is 10.0. The molecule has 1 aromatic heterocycles. The van der Waals surface area contributed by atoms with Crippen molar-refractivity contribution in [2.45, 2.75) is 38.8 Å². The highest BCUT2D eigenvalue weighted by Gasteiger charge is 2.32. The number of nitrogens with one attached hydrogen (secondary N) is 1. The van der Waals surface area contributed by atoms with Gasteiger partial charge in [-0.25, -0.2) is 9.18 Å². The number of aromatic carboxylic acids is 1. The summed E-state index contributed by atoms with van der Waals surface area (Å²) in [6.07, 6.45) is 2.94. The average Bonchev–Trinajstić information content (AvgIpc) is 3.44. The van der Waals surface area contributed by atoms with Crippen LogP contribution >= 0.6 is 0 Å². The number of carboxylic acids is 1. The Morgan fingerprint density at radius 1 is 1.37 bits per heavy atom. The normalized spacial score (nSPS) is 20.3. The molecule has 27 heavy (non-hydrogen) atoms. The summed E-state index contributed by atoms with van der Waals surface area (Å²) < 4.78 is 16.9. The standard InChI is InChI=1S/C19H22FN3O4/c1-9-7-22(6-5-21-9)16-14(20)10(2)13-15(18(16)25)23(11-3-4-11)8-12(17(13)24)19(26)27/h8-9,11,21,25H,3-7H2,1-2H3,(H,26,27). The smallest absolute Gasteiger partial charge is 0.341 e.